The number of hydrogen-bond donors (Lipinski definition) is 0. The minimum Gasteiger partial charge on any atom is -0.299 e. The van der Waals surface area contributed by atoms with Gasteiger partial charge in [0.1, 0.15) is 5.78 Å². The largest absolute Gasteiger partial charge is 0.299 e. The molecule has 0 aliphatic carbocycles. The van der Waals surface area contributed by atoms with Gasteiger partial charge in [-0.1, -0.05) is 66.7 Å². The molecular formula is C20H18O3. The molecule has 3 nitrogen and oxygen atoms in total. The fourth-order valence-electron chi connectivity index (χ4n) is 2.13. The molecular weight excluding hydrogens is 288 g/mol. The molecule has 0 heterocycles. The number of rotatable bonds is 8. The highest BCUT2D eigenvalue weighted by Gasteiger charge is 2.10. The molecule has 0 aromatic heterocycles. The van der Waals surface area contributed by atoms with Crippen LogP contribution >= 0.6 is 0 Å². The van der Waals surface area contributed by atoms with Crippen molar-refractivity contribution in [1.29, 1.82) is 0 Å². The Bertz CT molecular complexity index is 700. The number of hydrogen-bond acceptors (Lipinski definition) is 3. The third kappa shape index (κ3) is 5.47. The summed E-state index contributed by atoms with van der Waals surface area (Å²) in [6.07, 6.45) is 3.78. The Morgan fingerprint density at radius 3 is 1.96 bits per heavy atom. The molecule has 23 heavy (non-hydrogen) atoms. The van der Waals surface area contributed by atoms with Crippen LogP contribution < -0.4 is 0 Å². The third-order valence-electron chi connectivity index (χ3n) is 3.37. The minimum atomic E-state index is -0.167. The Morgan fingerprint density at radius 1 is 0.783 bits per heavy atom. The van der Waals surface area contributed by atoms with Crippen LogP contribution in [0.4, 0.5) is 0 Å². The van der Waals surface area contributed by atoms with Crippen molar-refractivity contribution in [2.75, 3.05) is 0 Å². The maximum Gasteiger partial charge on any atom is 0.185 e. The average molecular weight is 306 g/mol. The molecule has 0 aliphatic rings. The second kappa shape index (κ2) is 8.59. The number of Topliss-reactive ketones (excluding diaryl/α,β-unsaturated/α-hetero) is 2. The van der Waals surface area contributed by atoms with E-state index in [1.165, 1.54) is 6.08 Å². The Hall–Kier alpha value is -2.81. The predicted octanol–water partition coefficient (Wildman–Crippen LogP) is 4.05. The van der Waals surface area contributed by atoms with Gasteiger partial charge >= 0.3 is 0 Å². The van der Waals surface area contributed by atoms with Gasteiger partial charge in [0.2, 0.25) is 0 Å². The highest BCUT2D eigenvalue weighted by Crippen LogP contribution is 2.07. The van der Waals surface area contributed by atoms with Gasteiger partial charge in [0.05, 0.1) is 6.42 Å². The number of carbonyl (C=O) groups is 3. The molecule has 0 radical (unpaired) electrons. The summed E-state index contributed by atoms with van der Waals surface area (Å²) < 4.78 is 0. The van der Waals surface area contributed by atoms with Crippen LogP contribution in [0.2, 0.25) is 0 Å². The Morgan fingerprint density at radius 2 is 1.35 bits per heavy atom. The maximum atomic E-state index is 11.9. The van der Waals surface area contributed by atoms with Crippen molar-refractivity contribution < 1.29 is 14.4 Å². The van der Waals surface area contributed by atoms with Crippen LogP contribution in [0.5, 0.6) is 0 Å². The van der Waals surface area contributed by atoms with E-state index in [0.717, 1.165) is 0 Å². The van der Waals surface area contributed by atoms with E-state index < -0.39 is 0 Å². The molecule has 0 spiro atoms. The van der Waals surface area contributed by atoms with Crippen molar-refractivity contribution in [3.63, 3.8) is 0 Å². The van der Waals surface area contributed by atoms with Crippen molar-refractivity contribution in [1.82, 2.24) is 0 Å². The first kappa shape index (κ1) is 16.6. The summed E-state index contributed by atoms with van der Waals surface area (Å²) in [6.45, 7) is 0. The van der Waals surface area contributed by atoms with Crippen molar-refractivity contribution in [3.05, 3.63) is 83.9 Å². The van der Waals surface area contributed by atoms with Crippen molar-refractivity contribution in [2.45, 2.75) is 19.3 Å². The van der Waals surface area contributed by atoms with Gasteiger partial charge in [-0.3, -0.25) is 14.4 Å². The van der Waals surface area contributed by atoms with Gasteiger partial charge in [-0.25, -0.2) is 0 Å². The summed E-state index contributed by atoms with van der Waals surface area (Å²) in [5, 5.41) is 0. The Labute approximate surface area is 135 Å². The van der Waals surface area contributed by atoms with Crippen molar-refractivity contribution >= 4 is 17.3 Å². The summed E-state index contributed by atoms with van der Waals surface area (Å²) in [7, 11) is 0. The fraction of sp³-hybridized carbons (Fsp3) is 0.150. The van der Waals surface area contributed by atoms with E-state index in [2.05, 4.69) is 0 Å². The van der Waals surface area contributed by atoms with E-state index >= 15 is 0 Å². The van der Waals surface area contributed by atoms with Gasteiger partial charge in [-0.2, -0.15) is 0 Å². The molecule has 0 saturated heterocycles. The lowest BCUT2D eigenvalue weighted by atomic mass is 10.0. The molecule has 116 valence electrons. The van der Waals surface area contributed by atoms with Crippen LogP contribution in [-0.4, -0.2) is 17.3 Å². The van der Waals surface area contributed by atoms with Crippen molar-refractivity contribution in [3.8, 4) is 0 Å². The summed E-state index contributed by atoms with van der Waals surface area (Å²) in [6, 6.07) is 17.7. The standard InChI is InChI=1S/C20H18O3/c21-18(15-20(23)17-11-5-2-6-12-17)13-7-8-14-19(22)16-9-3-1-4-10-16/h1-6,8-12,14H,7,13,15H2/b14-8+. The third-order valence-corrected chi connectivity index (χ3v) is 3.37. The first-order chi connectivity index (χ1) is 11.2. The Kier molecular flexibility index (Phi) is 6.18. The van der Waals surface area contributed by atoms with Gasteiger partial charge < -0.3 is 0 Å². The normalized spacial score (nSPS) is 10.6. The topological polar surface area (TPSA) is 51.2 Å². The number of carbonyl (C=O) groups excluding carboxylic acids is 3. The highest BCUT2D eigenvalue weighted by molar-refractivity contribution is 6.08. The zero-order valence-corrected chi connectivity index (χ0v) is 12.8. The molecule has 0 saturated carbocycles. The highest BCUT2D eigenvalue weighted by atomic mass is 16.1. The Balaban J connectivity index is 1.76. The predicted molar refractivity (Wildman–Crippen MR) is 89.5 cm³/mol. The molecule has 0 bridgehead atoms. The zero-order chi connectivity index (χ0) is 16.5. The molecule has 2 aromatic carbocycles. The number of benzene rings is 2. The van der Waals surface area contributed by atoms with Gasteiger partial charge in [0.15, 0.2) is 11.6 Å². The number of ketones is 3. The lowest BCUT2D eigenvalue weighted by Gasteiger charge is -1.99. The SMILES string of the molecule is O=C(CC/C=C/C(=O)c1ccccc1)CC(=O)c1ccccc1. The smallest absolute Gasteiger partial charge is 0.185 e. The number of allylic oxidation sites excluding steroid dienone is 2. The minimum absolute atomic E-state index is 0.0848. The van der Waals surface area contributed by atoms with E-state index in [-0.39, 0.29) is 30.2 Å². The lowest BCUT2D eigenvalue weighted by molar-refractivity contribution is -0.118. The van der Waals surface area contributed by atoms with E-state index in [4.69, 9.17) is 0 Å². The van der Waals surface area contributed by atoms with Gasteiger partial charge in [0, 0.05) is 17.5 Å². The second-order valence-corrected chi connectivity index (χ2v) is 5.18. The molecule has 3 heteroatoms. The summed E-state index contributed by atoms with van der Waals surface area (Å²) >= 11 is 0. The van der Waals surface area contributed by atoms with Crippen LogP contribution in [0.25, 0.3) is 0 Å². The van der Waals surface area contributed by atoms with Crippen LogP contribution in [-0.2, 0) is 4.79 Å². The molecule has 0 N–H and O–H groups in total. The van der Waals surface area contributed by atoms with Crippen LogP contribution in [0.15, 0.2) is 72.8 Å². The van der Waals surface area contributed by atoms with Crippen LogP contribution in [0.3, 0.4) is 0 Å². The summed E-state index contributed by atoms with van der Waals surface area (Å²) in [5.41, 5.74) is 1.17. The molecule has 0 amide bonds. The van der Waals surface area contributed by atoms with E-state index in [0.29, 0.717) is 17.5 Å². The van der Waals surface area contributed by atoms with Gasteiger partial charge in [0.25, 0.3) is 0 Å². The van der Waals surface area contributed by atoms with Gasteiger partial charge in [-0.05, 0) is 12.5 Å². The fourth-order valence-corrected chi connectivity index (χ4v) is 2.13. The molecule has 0 aliphatic heterocycles. The lowest BCUT2D eigenvalue weighted by Crippen LogP contribution is -2.07. The summed E-state index contributed by atoms with van der Waals surface area (Å²) in [5.74, 6) is -0.367. The first-order valence-corrected chi connectivity index (χ1v) is 7.52. The van der Waals surface area contributed by atoms with Crippen LogP contribution in [0, 0.1) is 0 Å². The first-order valence-electron chi connectivity index (χ1n) is 7.52. The molecule has 2 rings (SSSR count). The zero-order valence-electron chi connectivity index (χ0n) is 12.8. The molecule has 0 atom stereocenters. The summed E-state index contributed by atoms with van der Waals surface area (Å²) in [4.78, 5) is 35.5. The quantitative estimate of drug-likeness (QED) is 0.420. The van der Waals surface area contributed by atoms with Gasteiger partial charge in [-0.15, -0.1) is 0 Å². The monoisotopic (exact) mass is 306 g/mol. The second-order valence-electron chi connectivity index (χ2n) is 5.18. The van der Waals surface area contributed by atoms with E-state index in [1.54, 1.807) is 54.6 Å². The molecule has 0 unspecified atom stereocenters. The molecule has 2 aromatic rings. The maximum absolute atomic E-state index is 11.9. The van der Waals surface area contributed by atoms with Crippen LogP contribution in [0.1, 0.15) is 40.0 Å². The van der Waals surface area contributed by atoms with E-state index in [9.17, 15) is 14.4 Å². The van der Waals surface area contributed by atoms with E-state index in [1.807, 2.05) is 12.1 Å². The van der Waals surface area contributed by atoms with Crippen molar-refractivity contribution in [2.24, 2.45) is 0 Å². The molecule has 0 fully saturated rings. The average Bonchev–Trinajstić information content (AvgIpc) is 2.60.